The lowest BCUT2D eigenvalue weighted by atomic mass is 9.76. The van der Waals surface area contributed by atoms with Crippen LogP contribution in [0.2, 0.25) is 5.02 Å². The van der Waals surface area contributed by atoms with Crippen molar-refractivity contribution in [2.24, 2.45) is 5.92 Å². The van der Waals surface area contributed by atoms with Gasteiger partial charge in [0.25, 0.3) is 0 Å². The number of allylic oxidation sites excluding steroid dienone is 2. The van der Waals surface area contributed by atoms with Gasteiger partial charge in [-0.15, -0.1) is 0 Å². The average molecular weight is 326 g/mol. The average Bonchev–Trinajstić information content (AvgIpc) is 3.04. The van der Waals surface area contributed by atoms with Crippen LogP contribution in [-0.4, -0.2) is 11.1 Å². The summed E-state index contributed by atoms with van der Waals surface area (Å²) in [5.74, 6) is -0.247. The van der Waals surface area contributed by atoms with E-state index in [4.69, 9.17) is 11.6 Å². The lowest BCUT2D eigenvalue weighted by molar-refractivity contribution is 0.0697. The van der Waals surface area contributed by atoms with E-state index in [2.05, 4.69) is 17.5 Å². The predicted molar refractivity (Wildman–Crippen MR) is 91.2 cm³/mol. The summed E-state index contributed by atoms with van der Waals surface area (Å²) in [6, 6.07) is 13.4. The smallest absolute Gasteiger partial charge is 0.337 e. The van der Waals surface area contributed by atoms with Crippen molar-refractivity contribution in [3.63, 3.8) is 0 Å². The van der Waals surface area contributed by atoms with E-state index in [1.807, 2.05) is 36.4 Å². The molecular formula is C19H16ClNO2. The zero-order valence-electron chi connectivity index (χ0n) is 12.4. The maximum Gasteiger partial charge on any atom is 0.337 e. The number of halogens is 1. The van der Waals surface area contributed by atoms with Crippen LogP contribution in [0, 0.1) is 5.92 Å². The number of benzene rings is 2. The van der Waals surface area contributed by atoms with Crippen LogP contribution >= 0.6 is 11.6 Å². The molecule has 1 aliphatic carbocycles. The maximum atomic E-state index is 11.6. The molecule has 23 heavy (non-hydrogen) atoms. The minimum Gasteiger partial charge on any atom is -0.478 e. The Kier molecular flexibility index (Phi) is 3.38. The molecule has 4 rings (SSSR count). The molecule has 0 radical (unpaired) electrons. The van der Waals surface area contributed by atoms with Crippen molar-refractivity contribution in [3.8, 4) is 0 Å². The molecule has 0 saturated heterocycles. The summed E-state index contributed by atoms with van der Waals surface area (Å²) in [4.78, 5) is 11.6. The summed E-state index contributed by atoms with van der Waals surface area (Å²) < 4.78 is 0. The van der Waals surface area contributed by atoms with Crippen LogP contribution in [0.5, 0.6) is 0 Å². The lowest BCUT2D eigenvalue weighted by Crippen LogP contribution is -2.30. The summed E-state index contributed by atoms with van der Waals surface area (Å²) in [6.07, 6.45) is 5.39. The molecule has 4 heteroatoms. The van der Waals surface area contributed by atoms with Crippen molar-refractivity contribution in [2.75, 3.05) is 5.32 Å². The van der Waals surface area contributed by atoms with Gasteiger partial charge in [0.15, 0.2) is 0 Å². The van der Waals surface area contributed by atoms with Gasteiger partial charge >= 0.3 is 5.97 Å². The minimum atomic E-state index is -0.898. The topological polar surface area (TPSA) is 49.3 Å². The number of hydrogen-bond donors (Lipinski definition) is 2. The van der Waals surface area contributed by atoms with Gasteiger partial charge < -0.3 is 10.4 Å². The second-order valence-corrected chi connectivity index (χ2v) is 6.54. The first-order chi connectivity index (χ1) is 11.1. The Morgan fingerprint density at radius 1 is 1.17 bits per heavy atom. The fourth-order valence-electron chi connectivity index (χ4n) is 3.80. The fourth-order valence-corrected chi connectivity index (χ4v) is 3.93. The molecule has 2 N–H and O–H groups in total. The molecular weight excluding hydrogens is 310 g/mol. The van der Waals surface area contributed by atoms with Crippen molar-refractivity contribution >= 4 is 23.3 Å². The molecule has 1 heterocycles. The second-order valence-electron chi connectivity index (χ2n) is 6.10. The zero-order valence-corrected chi connectivity index (χ0v) is 13.1. The predicted octanol–water partition coefficient (Wildman–Crippen LogP) is 4.86. The summed E-state index contributed by atoms with van der Waals surface area (Å²) in [7, 11) is 0. The molecule has 1 aliphatic heterocycles. The van der Waals surface area contributed by atoms with Crippen molar-refractivity contribution in [1.82, 2.24) is 0 Å². The third-order valence-electron chi connectivity index (χ3n) is 4.86. The van der Waals surface area contributed by atoms with E-state index in [0.717, 1.165) is 23.2 Å². The van der Waals surface area contributed by atoms with Gasteiger partial charge in [0.1, 0.15) is 0 Å². The molecule has 0 aromatic heterocycles. The highest BCUT2D eigenvalue weighted by atomic mass is 35.5. The van der Waals surface area contributed by atoms with Gasteiger partial charge in [-0.3, -0.25) is 0 Å². The van der Waals surface area contributed by atoms with E-state index in [1.165, 1.54) is 0 Å². The number of nitrogens with one attached hydrogen (secondary N) is 1. The van der Waals surface area contributed by atoms with Gasteiger partial charge in [0.2, 0.25) is 0 Å². The van der Waals surface area contributed by atoms with Crippen LogP contribution in [0.15, 0.2) is 54.6 Å². The van der Waals surface area contributed by atoms with Crippen LogP contribution in [0.4, 0.5) is 5.69 Å². The van der Waals surface area contributed by atoms with Gasteiger partial charge in [-0.25, -0.2) is 4.79 Å². The number of fused-ring (bicyclic) bond motifs is 3. The van der Waals surface area contributed by atoms with Crippen LogP contribution in [-0.2, 0) is 0 Å². The highest BCUT2D eigenvalue weighted by Crippen LogP contribution is 2.50. The molecule has 0 spiro atoms. The van der Waals surface area contributed by atoms with Crippen LogP contribution < -0.4 is 5.32 Å². The Hall–Kier alpha value is -2.26. The van der Waals surface area contributed by atoms with Crippen LogP contribution in [0.1, 0.15) is 39.9 Å². The van der Waals surface area contributed by atoms with Crippen molar-refractivity contribution in [1.29, 1.82) is 0 Å². The molecule has 116 valence electrons. The van der Waals surface area contributed by atoms with Gasteiger partial charge in [0, 0.05) is 10.9 Å². The molecule has 2 aromatic carbocycles. The summed E-state index contributed by atoms with van der Waals surface area (Å²) >= 11 is 6.00. The van der Waals surface area contributed by atoms with Crippen molar-refractivity contribution < 1.29 is 9.90 Å². The van der Waals surface area contributed by atoms with Gasteiger partial charge in [-0.1, -0.05) is 48.0 Å². The third kappa shape index (κ3) is 2.32. The van der Waals surface area contributed by atoms with E-state index in [0.29, 0.717) is 16.5 Å². The van der Waals surface area contributed by atoms with Crippen molar-refractivity contribution in [3.05, 3.63) is 76.3 Å². The normalized spacial score (nSPS) is 24.7. The number of para-hydroxylation sites is 1. The second kappa shape index (κ2) is 5.43. The maximum absolute atomic E-state index is 11.6. The largest absolute Gasteiger partial charge is 0.478 e. The molecule has 0 fully saturated rings. The number of aromatic carboxylic acids is 1. The number of rotatable bonds is 2. The quantitative estimate of drug-likeness (QED) is 0.775. The molecule has 0 bridgehead atoms. The Morgan fingerprint density at radius 3 is 2.70 bits per heavy atom. The first kappa shape index (κ1) is 14.3. The Balaban J connectivity index is 1.83. The lowest BCUT2D eigenvalue weighted by Gasteiger charge is -2.38. The van der Waals surface area contributed by atoms with Crippen molar-refractivity contribution in [2.45, 2.75) is 18.4 Å². The Morgan fingerprint density at radius 2 is 1.96 bits per heavy atom. The van der Waals surface area contributed by atoms with E-state index in [-0.39, 0.29) is 12.0 Å². The summed E-state index contributed by atoms with van der Waals surface area (Å²) in [6.45, 7) is 0. The Labute approximate surface area is 139 Å². The zero-order chi connectivity index (χ0) is 16.0. The fraction of sp³-hybridized carbons (Fsp3) is 0.211. The minimum absolute atomic E-state index is 0.0836. The van der Waals surface area contributed by atoms with Gasteiger partial charge in [0.05, 0.1) is 17.3 Å². The molecule has 2 aliphatic rings. The highest BCUT2D eigenvalue weighted by molar-refractivity contribution is 6.30. The first-order valence-corrected chi connectivity index (χ1v) is 8.08. The highest BCUT2D eigenvalue weighted by Gasteiger charge is 2.39. The monoisotopic (exact) mass is 325 g/mol. The van der Waals surface area contributed by atoms with E-state index in [1.54, 1.807) is 6.07 Å². The number of hydrogen-bond acceptors (Lipinski definition) is 2. The number of carbonyl (C=O) groups is 1. The summed E-state index contributed by atoms with van der Waals surface area (Å²) in [5.41, 5.74) is 3.29. The standard InChI is InChI=1S/C19H16ClNO2/c20-12-9-7-11(8-10-12)17-14-4-1-3-13(14)15-5-2-6-16(19(22)23)18(15)21-17/h1-3,5-10,13-14,17,21H,4H2,(H,22,23)/t13-,14-,17-/m0/s1. The van der Waals surface area contributed by atoms with Crippen LogP contribution in [0.25, 0.3) is 0 Å². The first-order valence-electron chi connectivity index (χ1n) is 7.70. The number of carboxylic acids is 1. The molecule has 0 amide bonds. The number of carboxylic acid groups (broad SMARTS) is 1. The molecule has 0 unspecified atom stereocenters. The summed E-state index contributed by atoms with van der Waals surface area (Å²) in [5, 5.41) is 13.7. The molecule has 3 nitrogen and oxygen atoms in total. The Bertz CT molecular complexity index is 798. The third-order valence-corrected chi connectivity index (χ3v) is 5.11. The van der Waals surface area contributed by atoms with Gasteiger partial charge in [-0.05, 0) is 41.7 Å². The SMILES string of the molecule is O=C(O)c1cccc2c1N[C@@H](c1ccc(Cl)cc1)[C@H]1CC=C[C@H]21. The van der Waals surface area contributed by atoms with Crippen LogP contribution in [0.3, 0.4) is 0 Å². The van der Waals surface area contributed by atoms with E-state index < -0.39 is 5.97 Å². The van der Waals surface area contributed by atoms with E-state index in [9.17, 15) is 9.90 Å². The molecule has 0 saturated carbocycles. The van der Waals surface area contributed by atoms with Gasteiger partial charge in [-0.2, -0.15) is 0 Å². The number of anilines is 1. The molecule has 2 aromatic rings. The van der Waals surface area contributed by atoms with E-state index >= 15 is 0 Å². The molecule has 3 atom stereocenters.